The van der Waals surface area contributed by atoms with Gasteiger partial charge in [0.2, 0.25) is 0 Å². The summed E-state index contributed by atoms with van der Waals surface area (Å²) in [4.78, 5) is 0. The van der Waals surface area contributed by atoms with Gasteiger partial charge in [-0.3, -0.25) is 0 Å². The molecule has 4 aliphatic carbocycles. The molecule has 0 aromatic carbocycles. The Morgan fingerprint density at radius 1 is 1.08 bits per heavy atom. The van der Waals surface area contributed by atoms with Crippen molar-refractivity contribution in [2.24, 2.45) is 34.5 Å². The molecule has 0 amide bonds. The fourth-order valence-corrected chi connectivity index (χ4v) is 8.11. The first kappa shape index (κ1) is 18.0. The van der Waals surface area contributed by atoms with Gasteiger partial charge in [0.25, 0.3) is 0 Å². The van der Waals surface area contributed by atoms with E-state index in [0.29, 0.717) is 16.7 Å². The Morgan fingerprint density at radius 2 is 1.88 bits per heavy atom. The van der Waals surface area contributed by atoms with E-state index in [9.17, 15) is 5.11 Å². The van der Waals surface area contributed by atoms with Crippen LogP contribution in [0, 0.1) is 34.5 Å². The minimum atomic E-state index is -0.455. The zero-order chi connectivity index (χ0) is 17.9. The van der Waals surface area contributed by atoms with E-state index in [1.54, 1.807) is 5.57 Å². The van der Waals surface area contributed by atoms with Crippen LogP contribution in [0.15, 0.2) is 11.6 Å². The van der Waals surface area contributed by atoms with Crippen molar-refractivity contribution in [3.05, 3.63) is 11.6 Å². The Labute approximate surface area is 154 Å². The van der Waals surface area contributed by atoms with Gasteiger partial charge in [0.05, 0.1) is 12.2 Å². The average Bonchev–Trinajstić information content (AvgIpc) is 2.91. The lowest BCUT2D eigenvalue weighted by Gasteiger charge is -2.62. The third-order valence-corrected chi connectivity index (χ3v) is 9.26. The highest BCUT2D eigenvalue weighted by molar-refractivity contribution is 5.24. The minimum Gasteiger partial charge on any atom is -0.390 e. The molecule has 2 nitrogen and oxygen atoms in total. The monoisotopic (exact) mass is 346 g/mol. The van der Waals surface area contributed by atoms with Gasteiger partial charge in [0, 0.05) is 7.11 Å². The predicted octanol–water partition coefficient (Wildman–Crippen LogP) is 5.35. The van der Waals surface area contributed by atoms with Crippen molar-refractivity contribution in [1.29, 1.82) is 0 Å². The molecular formula is C23H38O2. The van der Waals surface area contributed by atoms with E-state index in [0.717, 1.165) is 37.2 Å². The van der Waals surface area contributed by atoms with Crippen LogP contribution in [0.4, 0.5) is 0 Å². The zero-order valence-electron chi connectivity index (χ0n) is 16.8. The van der Waals surface area contributed by atoms with Gasteiger partial charge in [0.1, 0.15) is 0 Å². The first-order chi connectivity index (χ1) is 11.9. The number of hydrogen-bond donors (Lipinski definition) is 1. The van der Waals surface area contributed by atoms with Crippen molar-refractivity contribution < 1.29 is 9.84 Å². The Bertz CT molecular complexity index is 550. The van der Waals surface area contributed by atoms with E-state index in [1.807, 2.05) is 7.11 Å². The summed E-state index contributed by atoms with van der Waals surface area (Å²) in [6.45, 7) is 7.79. The number of allylic oxidation sites excluding steroid dienone is 2. The van der Waals surface area contributed by atoms with Crippen LogP contribution in [0.1, 0.15) is 78.6 Å². The lowest BCUT2D eigenvalue weighted by atomic mass is 9.44. The summed E-state index contributed by atoms with van der Waals surface area (Å²) in [7, 11) is 1.89. The highest BCUT2D eigenvalue weighted by atomic mass is 16.5. The molecule has 4 rings (SSSR count). The Morgan fingerprint density at radius 3 is 2.60 bits per heavy atom. The number of ether oxygens (including phenoxy) is 1. The highest BCUT2D eigenvalue weighted by Gasteiger charge is 2.61. The number of fused-ring (bicyclic) bond motifs is 5. The molecule has 4 saturated carbocycles. The summed E-state index contributed by atoms with van der Waals surface area (Å²) in [6.07, 6.45) is 13.7. The van der Waals surface area contributed by atoms with Crippen LogP contribution in [-0.2, 0) is 4.74 Å². The van der Waals surface area contributed by atoms with Gasteiger partial charge in [-0.25, -0.2) is 0 Å². The molecule has 0 aromatic rings. The Hall–Kier alpha value is -0.340. The second-order valence-electron chi connectivity index (χ2n) is 10.3. The van der Waals surface area contributed by atoms with Gasteiger partial charge < -0.3 is 9.84 Å². The molecule has 1 N–H and O–H groups in total. The first-order valence-corrected chi connectivity index (χ1v) is 10.7. The normalized spacial score (nSPS) is 54.0. The van der Waals surface area contributed by atoms with E-state index in [1.165, 1.54) is 44.9 Å². The fraction of sp³-hybridized carbons (Fsp3) is 0.913. The average molecular weight is 347 g/mol. The van der Waals surface area contributed by atoms with Gasteiger partial charge in [-0.1, -0.05) is 18.6 Å². The third kappa shape index (κ3) is 2.57. The number of hydrogen-bond acceptors (Lipinski definition) is 2. The van der Waals surface area contributed by atoms with Crippen LogP contribution >= 0.6 is 0 Å². The molecule has 142 valence electrons. The molecule has 7 atom stereocenters. The molecule has 2 heteroatoms. The topological polar surface area (TPSA) is 29.5 Å². The molecule has 0 radical (unpaired) electrons. The lowest BCUT2D eigenvalue weighted by molar-refractivity contribution is -0.169. The van der Waals surface area contributed by atoms with Gasteiger partial charge in [0.15, 0.2) is 0 Å². The maximum atomic E-state index is 10.7. The van der Waals surface area contributed by atoms with Crippen molar-refractivity contribution in [3.8, 4) is 0 Å². The molecule has 0 aliphatic heterocycles. The van der Waals surface area contributed by atoms with E-state index < -0.39 is 5.60 Å². The molecule has 0 heterocycles. The SMILES string of the molecule is C/C=C1\CC[C@H]2[C@@H]3CC[C@@H]4C[C@](C)(O)CC[C@]4(COC)[C@H]3CC[C@]12C. The second kappa shape index (κ2) is 6.09. The van der Waals surface area contributed by atoms with E-state index >= 15 is 0 Å². The Balaban J connectivity index is 1.66. The van der Waals surface area contributed by atoms with E-state index in [4.69, 9.17) is 4.74 Å². The smallest absolute Gasteiger partial charge is 0.0622 e. The predicted molar refractivity (Wildman–Crippen MR) is 102 cm³/mol. The first-order valence-electron chi connectivity index (χ1n) is 10.7. The molecular weight excluding hydrogens is 308 g/mol. The van der Waals surface area contributed by atoms with Crippen molar-refractivity contribution in [2.45, 2.75) is 84.2 Å². The number of aliphatic hydroxyl groups is 1. The van der Waals surface area contributed by atoms with E-state index in [2.05, 4.69) is 26.8 Å². The van der Waals surface area contributed by atoms with Crippen LogP contribution < -0.4 is 0 Å². The largest absolute Gasteiger partial charge is 0.390 e. The second-order valence-corrected chi connectivity index (χ2v) is 10.3. The molecule has 25 heavy (non-hydrogen) atoms. The third-order valence-electron chi connectivity index (χ3n) is 9.26. The van der Waals surface area contributed by atoms with Gasteiger partial charge in [-0.2, -0.15) is 0 Å². The van der Waals surface area contributed by atoms with Gasteiger partial charge >= 0.3 is 0 Å². The standard InChI is InChI=1S/C23H38O2/c1-5-16-7-9-19-18-8-6-17-14-21(2,24)12-13-23(17,15-25-4)20(18)10-11-22(16,19)3/h5,17-20,24H,6-15H2,1-4H3/b16-5+/t17-,18+,19+,20+,21-,22-,23-/m1/s1. The molecule has 0 spiro atoms. The van der Waals surface area contributed by atoms with Crippen molar-refractivity contribution in [3.63, 3.8) is 0 Å². The Kier molecular flexibility index (Phi) is 4.40. The molecule has 0 bridgehead atoms. The summed E-state index contributed by atoms with van der Waals surface area (Å²) in [5, 5.41) is 10.7. The summed E-state index contributed by atoms with van der Waals surface area (Å²) in [5.41, 5.74) is 2.09. The quantitative estimate of drug-likeness (QED) is 0.683. The van der Waals surface area contributed by atoms with Crippen LogP contribution in [0.5, 0.6) is 0 Å². The van der Waals surface area contributed by atoms with Crippen molar-refractivity contribution in [1.82, 2.24) is 0 Å². The minimum absolute atomic E-state index is 0.333. The summed E-state index contributed by atoms with van der Waals surface area (Å²) in [5.74, 6) is 3.24. The lowest BCUT2D eigenvalue weighted by Crippen LogP contribution is -2.58. The van der Waals surface area contributed by atoms with Gasteiger partial charge in [-0.05, 0) is 106 Å². The molecule has 4 fully saturated rings. The number of methoxy groups -OCH3 is 1. The fourth-order valence-electron chi connectivity index (χ4n) is 8.11. The van der Waals surface area contributed by atoms with Crippen LogP contribution in [0.3, 0.4) is 0 Å². The van der Waals surface area contributed by atoms with Crippen LogP contribution in [0.25, 0.3) is 0 Å². The maximum absolute atomic E-state index is 10.7. The van der Waals surface area contributed by atoms with Gasteiger partial charge in [-0.15, -0.1) is 0 Å². The summed E-state index contributed by atoms with van der Waals surface area (Å²) in [6, 6.07) is 0. The highest BCUT2D eigenvalue weighted by Crippen LogP contribution is 2.68. The summed E-state index contributed by atoms with van der Waals surface area (Å²) >= 11 is 0. The van der Waals surface area contributed by atoms with Crippen LogP contribution in [-0.4, -0.2) is 24.4 Å². The van der Waals surface area contributed by atoms with E-state index in [-0.39, 0.29) is 0 Å². The molecule has 0 aromatic heterocycles. The molecule has 0 unspecified atom stereocenters. The molecule has 0 saturated heterocycles. The zero-order valence-corrected chi connectivity index (χ0v) is 16.8. The van der Waals surface area contributed by atoms with Crippen molar-refractivity contribution >= 4 is 0 Å². The maximum Gasteiger partial charge on any atom is 0.0622 e. The van der Waals surface area contributed by atoms with Crippen LogP contribution in [0.2, 0.25) is 0 Å². The van der Waals surface area contributed by atoms with Crippen molar-refractivity contribution in [2.75, 3.05) is 13.7 Å². The summed E-state index contributed by atoms with van der Waals surface area (Å²) < 4.78 is 5.84. The number of rotatable bonds is 2. The molecule has 4 aliphatic rings.